The molecule has 3 heterocycles. The number of aliphatic carboxylic acids is 1. The molecule has 0 spiro atoms. The van der Waals surface area contributed by atoms with Gasteiger partial charge in [-0.3, -0.25) is 4.79 Å². The van der Waals surface area contributed by atoms with Crippen LogP contribution >= 0.6 is 0 Å². The van der Waals surface area contributed by atoms with Crippen molar-refractivity contribution >= 4 is 22.9 Å². The Bertz CT molecular complexity index is 834. The summed E-state index contributed by atoms with van der Waals surface area (Å²) < 4.78 is 7.16. The summed E-state index contributed by atoms with van der Waals surface area (Å²) in [7, 11) is 0. The van der Waals surface area contributed by atoms with Crippen LogP contribution in [0.5, 0.6) is 0 Å². The van der Waals surface area contributed by atoms with Gasteiger partial charge in [0.15, 0.2) is 11.3 Å². The summed E-state index contributed by atoms with van der Waals surface area (Å²) in [5, 5.41) is 17.2. The van der Waals surface area contributed by atoms with Gasteiger partial charge in [-0.2, -0.15) is 5.10 Å². The first-order valence-electron chi connectivity index (χ1n) is 9.20. The number of rotatable bonds is 5. The lowest BCUT2D eigenvalue weighted by Crippen LogP contribution is -2.49. The molecule has 1 fully saturated rings. The van der Waals surface area contributed by atoms with Crippen molar-refractivity contribution in [3.05, 3.63) is 24.0 Å². The SMILES string of the molecule is CC(C)(C)[C@H](NC(=O)c1nn(CC2CCOCC2)c2ncccc12)C(=O)O. The van der Waals surface area contributed by atoms with E-state index in [4.69, 9.17) is 4.74 Å². The Hall–Kier alpha value is -2.48. The largest absolute Gasteiger partial charge is 0.480 e. The molecule has 0 aromatic carbocycles. The third-order valence-corrected chi connectivity index (χ3v) is 4.88. The number of nitrogens with one attached hydrogen (secondary N) is 1. The van der Waals surface area contributed by atoms with Crippen LogP contribution in [-0.4, -0.2) is 51.0 Å². The molecule has 8 heteroatoms. The smallest absolute Gasteiger partial charge is 0.326 e. The van der Waals surface area contributed by atoms with E-state index in [-0.39, 0.29) is 5.69 Å². The Morgan fingerprint density at radius 1 is 1.37 bits per heavy atom. The van der Waals surface area contributed by atoms with E-state index in [9.17, 15) is 14.7 Å². The average molecular weight is 374 g/mol. The zero-order chi connectivity index (χ0) is 19.6. The van der Waals surface area contributed by atoms with Gasteiger partial charge in [0.05, 0.1) is 5.39 Å². The number of aromatic nitrogens is 3. The number of ether oxygens (including phenoxy) is 1. The van der Waals surface area contributed by atoms with Crippen molar-refractivity contribution in [1.29, 1.82) is 0 Å². The highest BCUT2D eigenvalue weighted by molar-refractivity contribution is 6.05. The summed E-state index contributed by atoms with van der Waals surface area (Å²) in [6.07, 6.45) is 3.56. The van der Waals surface area contributed by atoms with Gasteiger partial charge >= 0.3 is 5.97 Å². The van der Waals surface area contributed by atoms with Crippen LogP contribution in [0.15, 0.2) is 18.3 Å². The molecule has 146 valence electrons. The van der Waals surface area contributed by atoms with Gasteiger partial charge in [0.1, 0.15) is 6.04 Å². The molecule has 8 nitrogen and oxygen atoms in total. The number of nitrogens with zero attached hydrogens (tertiary/aromatic N) is 3. The highest BCUT2D eigenvalue weighted by Crippen LogP contribution is 2.23. The van der Waals surface area contributed by atoms with Crippen LogP contribution in [0.25, 0.3) is 11.0 Å². The fraction of sp³-hybridized carbons (Fsp3) is 0.579. The van der Waals surface area contributed by atoms with Crippen LogP contribution in [0.4, 0.5) is 0 Å². The van der Waals surface area contributed by atoms with E-state index < -0.39 is 23.3 Å². The number of pyridine rings is 1. The molecule has 27 heavy (non-hydrogen) atoms. The summed E-state index contributed by atoms with van der Waals surface area (Å²) in [5.74, 6) is -1.15. The van der Waals surface area contributed by atoms with E-state index >= 15 is 0 Å². The van der Waals surface area contributed by atoms with Crippen molar-refractivity contribution in [2.45, 2.75) is 46.2 Å². The van der Waals surface area contributed by atoms with E-state index in [1.165, 1.54) is 0 Å². The maximum atomic E-state index is 12.8. The minimum Gasteiger partial charge on any atom is -0.480 e. The Morgan fingerprint density at radius 2 is 2.07 bits per heavy atom. The van der Waals surface area contributed by atoms with Gasteiger partial charge in [-0.1, -0.05) is 20.8 Å². The number of carboxylic acids is 1. The third-order valence-electron chi connectivity index (χ3n) is 4.88. The van der Waals surface area contributed by atoms with Crippen LogP contribution in [0, 0.1) is 11.3 Å². The summed E-state index contributed by atoms with van der Waals surface area (Å²) in [6, 6.07) is 2.52. The molecule has 1 aliphatic rings. The fourth-order valence-corrected chi connectivity index (χ4v) is 3.33. The molecule has 2 N–H and O–H groups in total. The number of hydrogen-bond donors (Lipinski definition) is 2. The van der Waals surface area contributed by atoms with Gasteiger partial charge in [-0.25, -0.2) is 14.5 Å². The number of amides is 1. The van der Waals surface area contributed by atoms with Crippen molar-refractivity contribution in [3.63, 3.8) is 0 Å². The molecule has 1 saturated heterocycles. The fourth-order valence-electron chi connectivity index (χ4n) is 3.33. The molecule has 2 aromatic heterocycles. The first kappa shape index (κ1) is 19.3. The van der Waals surface area contributed by atoms with Gasteiger partial charge in [-0.05, 0) is 36.3 Å². The van der Waals surface area contributed by atoms with Crippen LogP contribution in [-0.2, 0) is 16.1 Å². The molecule has 1 aliphatic heterocycles. The summed E-state index contributed by atoms with van der Waals surface area (Å²) >= 11 is 0. The van der Waals surface area contributed by atoms with Gasteiger partial charge in [-0.15, -0.1) is 0 Å². The Balaban J connectivity index is 1.89. The van der Waals surface area contributed by atoms with E-state index in [0.717, 1.165) is 26.1 Å². The van der Waals surface area contributed by atoms with Crippen LogP contribution in [0.2, 0.25) is 0 Å². The average Bonchev–Trinajstić information content (AvgIpc) is 2.98. The molecule has 2 aromatic rings. The summed E-state index contributed by atoms with van der Waals surface area (Å²) in [6.45, 7) is 7.44. The Morgan fingerprint density at radius 3 is 2.70 bits per heavy atom. The molecule has 0 aliphatic carbocycles. The maximum Gasteiger partial charge on any atom is 0.326 e. The molecule has 0 bridgehead atoms. The van der Waals surface area contributed by atoms with Crippen molar-refractivity contribution in [2.24, 2.45) is 11.3 Å². The zero-order valence-electron chi connectivity index (χ0n) is 15.9. The second kappa shape index (κ2) is 7.64. The van der Waals surface area contributed by atoms with Gasteiger partial charge in [0, 0.05) is 26.0 Å². The Labute approximate surface area is 157 Å². The maximum absolute atomic E-state index is 12.8. The zero-order valence-corrected chi connectivity index (χ0v) is 15.9. The van der Waals surface area contributed by atoms with E-state index in [1.807, 2.05) is 0 Å². The number of carboxylic acid groups (broad SMARTS) is 1. The van der Waals surface area contributed by atoms with Crippen molar-refractivity contribution in [2.75, 3.05) is 13.2 Å². The van der Waals surface area contributed by atoms with Crippen LogP contribution < -0.4 is 5.32 Å². The number of carbonyl (C=O) groups excluding carboxylic acids is 1. The summed E-state index contributed by atoms with van der Waals surface area (Å²) in [5.41, 5.74) is 0.220. The minimum atomic E-state index is -1.07. The van der Waals surface area contributed by atoms with Crippen molar-refractivity contribution in [3.8, 4) is 0 Å². The molecule has 0 unspecified atom stereocenters. The van der Waals surface area contributed by atoms with Gasteiger partial charge in [0.2, 0.25) is 0 Å². The number of hydrogen-bond acceptors (Lipinski definition) is 5. The monoisotopic (exact) mass is 374 g/mol. The minimum absolute atomic E-state index is 0.209. The van der Waals surface area contributed by atoms with E-state index in [0.29, 0.717) is 23.5 Å². The lowest BCUT2D eigenvalue weighted by Gasteiger charge is -2.27. The first-order valence-corrected chi connectivity index (χ1v) is 9.20. The molecule has 0 radical (unpaired) electrons. The molecule has 3 rings (SSSR count). The molecular formula is C19H26N4O4. The third kappa shape index (κ3) is 4.27. The highest BCUT2D eigenvalue weighted by Gasteiger charge is 2.34. The number of carbonyl (C=O) groups is 2. The van der Waals surface area contributed by atoms with E-state index in [2.05, 4.69) is 15.4 Å². The standard InChI is InChI=1S/C19H26N4O4/c1-19(2,3)15(18(25)26)21-17(24)14-13-5-4-8-20-16(13)23(22-14)11-12-6-9-27-10-7-12/h4-5,8,12,15H,6-7,9-11H2,1-3H3,(H,21,24)(H,25,26)/t15-/m1/s1. The van der Waals surface area contributed by atoms with Crippen molar-refractivity contribution in [1.82, 2.24) is 20.1 Å². The van der Waals surface area contributed by atoms with Crippen LogP contribution in [0.1, 0.15) is 44.1 Å². The van der Waals surface area contributed by atoms with Gasteiger partial charge < -0.3 is 15.2 Å². The second-order valence-corrected chi connectivity index (χ2v) is 8.07. The highest BCUT2D eigenvalue weighted by atomic mass is 16.5. The lowest BCUT2D eigenvalue weighted by molar-refractivity contribution is -0.142. The molecular weight excluding hydrogens is 348 g/mol. The molecule has 1 amide bonds. The normalized spacial score (nSPS) is 17.0. The summed E-state index contributed by atoms with van der Waals surface area (Å²) in [4.78, 5) is 28.8. The predicted octanol–water partition coefficient (Wildman–Crippen LogP) is 2.09. The first-order chi connectivity index (χ1) is 12.8. The Kier molecular flexibility index (Phi) is 5.46. The topological polar surface area (TPSA) is 106 Å². The van der Waals surface area contributed by atoms with Crippen LogP contribution in [0.3, 0.4) is 0 Å². The predicted molar refractivity (Wildman–Crippen MR) is 99.4 cm³/mol. The van der Waals surface area contributed by atoms with Gasteiger partial charge in [0.25, 0.3) is 5.91 Å². The second-order valence-electron chi connectivity index (χ2n) is 8.07. The number of fused-ring (bicyclic) bond motifs is 1. The van der Waals surface area contributed by atoms with E-state index in [1.54, 1.807) is 43.8 Å². The van der Waals surface area contributed by atoms with Crippen molar-refractivity contribution < 1.29 is 19.4 Å². The molecule has 1 atom stereocenters. The lowest BCUT2D eigenvalue weighted by atomic mass is 9.86. The molecule has 0 saturated carbocycles. The quantitative estimate of drug-likeness (QED) is 0.830.